The lowest BCUT2D eigenvalue weighted by Gasteiger charge is -2.30. The molecule has 3 nitrogen and oxygen atoms in total. The number of hydrogen-bond donors (Lipinski definition) is 2. The van der Waals surface area contributed by atoms with Crippen LogP contribution in [0, 0.1) is 0 Å². The van der Waals surface area contributed by atoms with Gasteiger partial charge in [0.05, 0.1) is 0 Å². The second-order valence-corrected chi connectivity index (χ2v) is 6.41. The van der Waals surface area contributed by atoms with Crippen LogP contribution in [0.2, 0.25) is 0 Å². The summed E-state index contributed by atoms with van der Waals surface area (Å²) >= 11 is 0. The highest BCUT2D eigenvalue weighted by atomic mass is 15.1. The molecule has 1 aliphatic rings. The molecule has 0 spiro atoms. The first-order valence-electron chi connectivity index (χ1n) is 7.71. The monoisotopic (exact) mass is 271 g/mol. The van der Waals surface area contributed by atoms with Gasteiger partial charge in [0.25, 0.3) is 0 Å². The maximum absolute atomic E-state index is 5.96. The van der Waals surface area contributed by atoms with Gasteiger partial charge in [-0.3, -0.25) is 4.90 Å². The van der Waals surface area contributed by atoms with Gasteiger partial charge >= 0.3 is 0 Å². The number of nitrogens with one attached hydrogen (secondary N) is 1. The van der Waals surface area contributed by atoms with Crippen LogP contribution in [0.5, 0.6) is 0 Å². The Balaban J connectivity index is 1.75. The van der Waals surface area contributed by atoms with E-state index in [-0.39, 0.29) is 0 Å². The Morgan fingerprint density at radius 3 is 2.70 bits per heavy atom. The number of nitrogens with two attached hydrogens (primary N) is 1. The van der Waals surface area contributed by atoms with Crippen LogP contribution < -0.4 is 5.73 Å². The summed E-state index contributed by atoms with van der Waals surface area (Å²) in [5, 5.41) is 1.33. The van der Waals surface area contributed by atoms with Crippen LogP contribution in [-0.2, 0) is 6.54 Å². The maximum Gasteiger partial charge on any atom is 0.0456 e. The van der Waals surface area contributed by atoms with Crippen LogP contribution in [0.3, 0.4) is 0 Å². The van der Waals surface area contributed by atoms with Crippen molar-refractivity contribution in [1.82, 2.24) is 9.88 Å². The average Bonchev–Trinajstić information content (AvgIpc) is 2.85. The molecule has 0 saturated carbocycles. The number of hydrogen-bond acceptors (Lipinski definition) is 2. The Morgan fingerprint density at radius 1 is 1.25 bits per heavy atom. The molecule has 1 aliphatic heterocycles. The molecular formula is C17H25N3. The highest BCUT2D eigenvalue weighted by molar-refractivity contribution is 5.81. The summed E-state index contributed by atoms with van der Waals surface area (Å²) in [6.07, 6.45) is 2.26. The number of fused-ring (bicyclic) bond motifs is 1. The standard InChI is InChI=1S/C17H25N3/c1-12(2)17-10-14-9-13(3-4-16(14)19-17)11-20-7-5-15(18)6-8-20/h3-4,9-10,12,15,19H,5-8,11,18H2,1-2H3. The third-order valence-corrected chi connectivity index (χ3v) is 4.37. The highest BCUT2D eigenvalue weighted by Crippen LogP contribution is 2.23. The third-order valence-electron chi connectivity index (χ3n) is 4.37. The number of benzene rings is 1. The average molecular weight is 271 g/mol. The number of likely N-dealkylation sites (tertiary alicyclic amines) is 1. The topological polar surface area (TPSA) is 45.0 Å². The first-order valence-corrected chi connectivity index (χ1v) is 7.71. The summed E-state index contributed by atoms with van der Waals surface area (Å²) < 4.78 is 0. The number of H-pyrrole nitrogens is 1. The van der Waals surface area contributed by atoms with E-state index in [0.717, 1.165) is 32.5 Å². The number of aromatic nitrogens is 1. The van der Waals surface area contributed by atoms with E-state index in [9.17, 15) is 0 Å². The molecule has 2 aromatic rings. The van der Waals surface area contributed by atoms with E-state index in [2.05, 4.69) is 48.0 Å². The molecule has 1 aromatic carbocycles. The van der Waals surface area contributed by atoms with E-state index in [1.165, 1.54) is 22.2 Å². The molecule has 108 valence electrons. The van der Waals surface area contributed by atoms with E-state index in [4.69, 9.17) is 5.73 Å². The van der Waals surface area contributed by atoms with Gasteiger partial charge in [-0.05, 0) is 61.0 Å². The van der Waals surface area contributed by atoms with E-state index in [1.54, 1.807) is 0 Å². The normalized spacial score (nSPS) is 18.2. The van der Waals surface area contributed by atoms with Crippen LogP contribution >= 0.6 is 0 Å². The van der Waals surface area contributed by atoms with Crippen molar-refractivity contribution >= 4 is 10.9 Å². The zero-order valence-corrected chi connectivity index (χ0v) is 12.5. The molecule has 20 heavy (non-hydrogen) atoms. The van der Waals surface area contributed by atoms with Crippen LogP contribution in [0.1, 0.15) is 43.9 Å². The molecule has 2 heterocycles. The lowest BCUT2D eigenvalue weighted by Crippen LogP contribution is -2.39. The molecule has 1 saturated heterocycles. The molecule has 3 N–H and O–H groups in total. The van der Waals surface area contributed by atoms with Gasteiger partial charge in [-0.1, -0.05) is 19.9 Å². The number of aromatic amines is 1. The van der Waals surface area contributed by atoms with Crippen molar-refractivity contribution in [2.24, 2.45) is 5.73 Å². The Bertz CT molecular complexity index is 577. The van der Waals surface area contributed by atoms with E-state index in [0.29, 0.717) is 12.0 Å². The molecule has 1 aromatic heterocycles. The number of nitrogens with zero attached hydrogens (tertiary/aromatic N) is 1. The van der Waals surface area contributed by atoms with Gasteiger partial charge in [0, 0.05) is 23.8 Å². The van der Waals surface area contributed by atoms with Crippen molar-refractivity contribution in [2.75, 3.05) is 13.1 Å². The van der Waals surface area contributed by atoms with Crippen molar-refractivity contribution < 1.29 is 0 Å². The second kappa shape index (κ2) is 5.58. The van der Waals surface area contributed by atoms with Gasteiger partial charge in [0.1, 0.15) is 0 Å². The summed E-state index contributed by atoms with van der Waals surface area (Å²) in [7, 11) is 0. The van der Waals surface area contributed by atoms with Crippen molar-refractivity contribution in [2.45, 2.75) is 45.2 Å². The molecular weight excluding hydrogens is 246 g/mol. The van der Waals surface area contributed by atoms with Gasteiger partial charge in [0.15, 0.2) is 0 Å². The Hall–Kier alpha value is -1.32. The van der Waals surface area contributed by atoms with Crippen molar-refractivity contribution in [3.05, 3.63) is 35.5 Å². The summed E-state index contributed by atoms with van der Waals surface area (Å²) in [6, 6.07) is 9.48. The smallest absolute Gasteiger partial charge is 0.0456 e. The largest absolute Gasteiger partial charge is 0.358 e. The number of piperidine rings is 1. The molecule has 0 aliphatic carbocycles. The van der Waals surface area contributed by atoms with E-state index in [1.807, 2.05) is 0 Å². The number of rotatable bonds is 3. The summed E-state index contributed by atoms with van der Waals surface area (Å²) in [4.78, 5) is 6.02. The minimum Gasteiger partial charge on any atom is -0.358 e. The van der Waals surface area contributed by atoms with Crippen LogP contribution in [-0.4, -0.2) is 29.0 Å². The Labute approximate surface area is 121 Å². The van der Waals surface area contributed by atoms with Gasteiger partial charge in [-0.2, -0.15) is 0 Å². The van der Waals surface area contributed by atoms with Gasteiger partial charge in [-0.25, -0.2) is 0 Å². The van der Waals surface area contributed by atoms with Crippen molar-refractivity contribution in [1.29, 1.82) is 0 Å². The fourth-order valence-electron chi connectivity index (χ4n) is 2.98. The predicted molar refractivity (Wildman–Crippen MR) is 84.9 cm³/mol. The predicted octanol–water partition coefficient (Wildman–Crippen LogP) is 3.21. The molecule has 1 fully saturated rings. The zero-order chi connectivity index (χ0) is 14.1. The molecule has 0 bridgehead atoms. The maximum atomic E-state index is 5.96. The fraction of sp³-hybridized carbons (Fsp3) is 0.529. The molecule has 0 radical (unpaired) electrons. The van der Waals surface area contributed by atoms with Gasteiger partial charge in [-0.15, -0.1) is 0 Å². The molecule has 0 atom stereocenters. The SMILES string of the molecule is CC(C)c1cc2cc(CN3CCC(N)CC3)ccc2[nH]1. The summed E-state index contributed by atoms with van der Waals surface area (Å²) in [6.45, 7) is 7.75. The van der Waals surface area contributed by atoms with Crippen molar-refractivity contribution in [3.8, 4) is 0 Å². The molecule has 0 amide bonds. The minimum atomic E-state index is 0.409. The second-order valence-electron chi connectivity index (χ2n) is 6.41. The lowest BCUT2D eigenvalue weighted by atomic mass is 10.0. The quantitative estimate of drug-likeness (QED) is 0.900. The molecule has 3 rings (SSSR count). The fourth-order valence-corrected chi connectivity index (χ4v) is 2.98. The zero-order valence-electron chi connectivity index (χ0n) is 12.5. The van der Waals surface area contributed by atoms with Gasteiger partial charge in [0.2, 0.25) is 0 Å². The lowest BCUT2D eigenvalue weighted by molar-refractivity contribution is 0.206. The Morgan fingerprint density at radius 2 is 2.00 bits per heavy atom. The van der Waals surface area contributed by atoms with Crippen LogP contribution in [0.25, 0.3) is 10.9 Å². The first-order chi connectivity index (χ1) is 9.61. The van der Waals surface area contributed by atoms with Crippen molar-refractivity contribution in [3.63, 3.8) is 0 Å². The van der Waals surface area contributed by atoms with E-state index < -0.39 is 0 Å². The summed E-state index contributed by atoms with van der Waals surface area (Å²) in [5.74, 6) is 0.550. The van der Waals surface area contributed by atoms with Crippen LogP contribution in [0.4, 0.5) is 0 Å². The van der Waals surface area contributed by atoms with E-state index >= 15 is 0 Å². The van der Waals surface area contributed by atoms with Crippen LogP contribution in [0.15, 0.2) is 24.3 Å². The third kappa shape index (κ3) is 2.89. The van der Waals surface area contributed by atoms with Gasteiger partial charge < -0.3 is 10.7 Å². The highest BCUT2D eigenvalue weighted by Gasteiger charge is 2.16. The summed E-state index contributed by atoms with van der Waals surface area (Å²) in [5.41, 5.74) is 9.94. The Kier molecular flexibility index (Phi) is 3.81. The minimum absolute atomic E-state index is 0.409. The molecule has 0 unspecified atom stereocenters. The first kappa shape index (κ1) is 13.7. The molecule has 3 heteroatoms.